The lowest BCUT2D eigenvalue weighted by atomic mass is 10.0. The Morgan fingerprint density at radius 3 is 1.81 bits per heavy atom. The minimum atomic E-state index is 1.25. The molecule has 7 aromatic rings. The van der Waals surface area contributed by atoms with Crippen LogP contribution in [-0.2, 0) is 0 Å². The fourth-order valence-corrected chi connectivity index (χ4v) is 5.42. The van der Waals surface area contributed by atoms with E-state index in [1.54, 1.807) is 0 Å². The maximum atomic E-state index is 2.91. The van der Waals surface area contributed by atoms with E-state index >= 15 is 0 Å². The molecule has 0 spiro atoms. The van der Waals surface area contributed by atoms with E-state index in [2.05, 4.69) is 103 Å². The van der Waals surface area contributed by atoms with Gasteiger partial charge in [0.1, 0.15) is 0 Å². The fourth-order valence-electron chi connectivity index (χ4n) is 4.99. The van der Waals surface area contributed by atoms with Crippen molar-refractivity contribution < 1.29 is 0 Å². The highest BCUT2D eigenvalue weighted by molar-refractivity contribution is 6.37. The van der Waals surface area contributed by atoms with Crippen LogP contribution in [0.5, 0.6) is 0 Å². The van der Waals surface area contributed by atoms with Gasteiger partial charge < -0.3 is 7.95 Å². The summed E-state index contributed by atoms with van der Waals surface area (Å²) in [7, 11) is 0. The van der Waals surface area contributed by atoms with Crippen LogP contribution >= 0.6 is 0 Å². The van der Waals surface area contributed by atoms with Gasteiger partial charge in [-0.2, -0.15) is 0 Å². The molecule has 4 aromatic carbocycles. The zero-order valence-electron chi connectivity index (χ0n) is 14.5. The summed E-state index contributed by atoms with van der Waals surface area (Å²) in [6.07, 6.45) is 0. The standard InChI is InChI=1S/C24H13N2.Al/c1-4-10-18-15(8-1)22-19(25-18)13-17-14-7-2-5-11-20(14)26-21-12-6-3-9-16(21)23(22)24(17)26;/h1-13H;/q-1;+1. The monoisotopic (exact) mass is 356 g/mol. The van der Waals surface area contributed by atoms with E-state index in [-0.39, 0.29) is 0 Å². The number of aromatic nitrogens is 2. The van der Waals surface area contributed by atoms with Crippen LogP contribution in [0.4, 0.5) is 0 Å². The van der Waals surface area contributed by atoms with Crippen LogP contribution in [0.1, 0.15) is 0 Å². The Hall–Kier alpha value is -2.99. The first-order valence-corrected chi connectivity index (χ1v) is 9.70. The molecule has 0 saturated carbocycles. The third-order valence-electron chi connectivity index (χ3n) is 6.04. The fraction of sp³-hybridized carbons (Fsp3) is 0. The van der Waals surface area contributed by atoms with Gasteiger partial charge in [-0.15, -0.1) is 0 Å². The van der Waals surface area contributed by atoms with Crippen LogP contribution in [-0.4, -0.2) is 24.5 Å². The smallest absolute Gasteiger partial charge is 0.318 e. The van der Waals surface area contributed by atoms with Gasteiger partial charge >= 0.3 is 16.5 Å². The van der Waals surface area contributed by atoms with Gasteiger partial charge in [0, 0.05) is 43.4 Å². The number of hydrogen-bond donors (Lipinski definition) is 0. The van der Waals surface area contributed by atoms with Crippen molar-refractivity contribution in [1.29, 1.82) is 0 Å². The highest BCUT2D eigenvalue weighted by Gasteiger charge is 2.21. The van der Waals surface area contributed by atoms with E-state index in [1.807, 2.05) is 0 Å². The van der Waals surface area contributed by atoms with Gasteiger partial charge in [-0.1, -0.05) is 54.6 Å². The molecule has 0 unspecified atom stereocenters. The summed E-state index contributed by atoms with van der Waals surface area (Å²) in [4.78, 5) is 0. The second-order valence-electron chi connectivity index (χ2n) is 7.30. The number of rotatable bonds is 0. The summed E-state index contributed by atoms with van der Waals surface area (Å²) in [5.74, 6) is 0. The first kappa shape index (κ1) is 14.1. The van der Waals surface area contributed by atoms with Crippen molar-refractivity contribution in [3.63, 3.8) is 0 Å². The molecule has 3 heterocycles. The Morgan fingerprint density at radius 2 is 1.07 bits per heavy atom. The summed E-state index contributed by atoms with van der Waals surface area (Å²) in [6.45, 7) is 0. The average Bonchev–Trinajstić information content (AvgIpc) is 3.33. The van der Waals surface area contributed by atoms with Crippen molar-refractivity contribution in [1.82, 2.24) is 7.95 Å². The van der Waals surface area contributed by atoms with Gasteiger partial charge in [0.15, 0.2) is 0 Å². The van der Waals surface area contributed by atoms with Crippen LogP contribution in [0, 0.1) is 0 Å². The van der Waals surface area contributed by atoms with Crippen molar-refractivity contribution in [3.05, 3.63) is 78.9 Å². The number of fused-ring (bicyclic) bond motifs is 10. The first-order chi connectivity index (χ1) is 13.3. The molecule has 0 fully saturated rings. The number of benzene rings is 4. The molecule has 0 aliphatic rings. The predicted octanol–water partition coefficient (Wildman–Crippen LogP) is 5.88. The van der Waals surface area contributed by atoms with E-state index in [0.29, 0.717) is 0 Å². The van der Waals surface area contributed by atoms with Gasteiger partial charge in [0.2, 0.25) is 0 Å². The molecule has 0 saturated heterocycles. The summed E-state index contributed by atoms with van der Waals surface area (Å²) >= 11 is 2.91. The van der Waals surface area contributed by atoms with Gasteiger partial charge in [-0.25, -0.2) is 0 Å². The van der Waals surface area contributed by atoms with E-state index in [1.165, 1.54) is 59.9 Å². The lowest BCUT2D eigenvalue weighted by molar-refractivity contribution is 1.37. The lowest BCUT2D eigenvalue weighted by Crippen LogP contribution is -1.89. The Labute approximate surface area is 163 Å². The first-order valence-electron chi connectivity index (χ1n) is 9.19. The summed E-state index contributed by atoms with van der Waals surface area (Å²) in [5, 5.41) is 8.01. The molecule has 0 aliphatic carbocycles. The maximum Gasteiger partial charge on any atom is 0.318 e. The minimum absolute atomic E-state index is 1.25. The SMILES string of the molecule is [Al][n]1c2ccccc2c2c3c4ccccc4n4c5ccccc5c(cc21)c34. The van der Waals surface area contributed by atoms with Crippen LogP contribution < -0.4 is 0 Å². The van der Waals surface area contributed by atoms with E-state index in [0.717, 1.165) is 0 Å². The molecule has 122 valence electrons. The van der Waals surface area contributed by atoms with Crippen molar-refractivity contribution in [2.45, 2.75) is 0 Å². The molecular weight excluding hydrogens is 343 g/mol. The Morgan fingerprint density at radius 1 is 0.519 bits per heavy atom. The Balaban J connectivity index is 1.99. The van der Waals surface area contributed by atoms with Crippen molar-refractivity contribution in [3.8, 4) is 0 Å². The van der Waals surface area contributed by atoms with E-state index in [9.17, 15) is 0 Å². The van der Waals surface area contributed by atoms with E-state index in [4.69, 9.17) is 0 Å². The second kappa shape index (κ2) is 4.64. The molecular formula is C24H13AlN2. The molecule has 3 aromatic heterocycles. The Bertz CT molecular complexity index is 1680. The quantitative estimate of drug-likeness (QED) is 0.300. The summed E-state index contributed by atoms with van der Waals surface area (Å²) in [6, 6.07) is 28.6. The van der Waals surface area contributed by atoms with Crippen LogP contribution in [0.15, 0.2) is 78.9 Å². The summed E-state index contributed by atoms with van der Waals surface area (Å²) in [5.41, 5.74) is 6.42. The highest BCUT2D eigenvalue weighted by atomic mass is 27.1. The maximum absolute atomic E-state index is 2.91. The molecule has 27 heavy (non-hydrogen) atoms. The molecule has 0 atom stereocenters. The highest BCUT2D eigenvalue weighted by Crippen LogP contribution is 2.45. The molecule has 2 nitrogen and oxygen atoms in total. The molecule has 0 aliphatic heterocycles. The average molecular weight is 356 g/mol. The predicted molar refractivity (Wildman–Crippen MR) is 115 cm³/mol. The van der Waals surface area contributed by atoms with Crippen molar-refractivity contribution >= 4 is 76.4 Å². The molecule has 0 N–H and O–H groups in total. The van der Waals surface area contributed by atoms with E-state index < -0.39 is 0 Å². The van der Waals surface area contributed by atoms with Gasteiger partial charge in [-0.3, -0.25) is 0 Å². The molecule has 0 bridgehead atoms. The van der Waals surface area contributed by atoms with Gasteiger partial charge in [-0.05, 0) is 24.3 Å². The second-order valence-corrected chi connectivity index (χ2v) is 7.82. The third kappa shape index (κ3) is 1.51. The zero-order chi connectivity index (χ0) is 17.7. The molecule has 7 rings (SSSR count). The van der Waals surface area contributed by atoms with Gasteiger partial charge in [0.25, 0.3) is 0 Å². The molecule has 2 radical (unpaired) electrons. The minimum Gasteiger partial charge on any atom is -0.452 e. The molecule has 3 heteroatoms. The Kier molecular flexibility index (Phi) is 2.43. The zero-order valence-corrected chi connectivity index (χ0v) is 15.6. The van der Waals surface area contributed by atoms with Crippen molar-refractivity contribution in [2.24, 2.45) is 0 Å². The third-order valence-corrected chi connectivity index (χ3v) is 6.60. The van der Waals surface area contributed by atoms with Gasteiger partial charge in [0.05, 0.1) is 16.6 Å². The lowest BCUT2D eigenvalue weighted by Gasteiger charge is -2.02. The normalized spacial score (nSPS) is 12.6. The molecule has 0 amide bonds. The largest absolute Gasteiger partial charge is 0.452 e. The summed E-state index contributed by atoms with van der Waals surface area (Å²) < 4.78 is 4.71. The van der Waals surface area contributed by atoms with Crippen LogP contribution in [0.25, 0.3) is 59.9 Å². The van der Waals surface area contributed by atoms with Crippen LogP contribution in [0.3, 0.4) is 0 Å². The van der Waals surface area contributed by atoms with Crippen molar-refractivity contribution in [2.75, 3.05) is 0 Å². The van der Waals surface area contributed by atoms with Crippen LogP contribution in [0.2, 0.25) is 0 Å². The number of nitrogens with zero attached hydrogens (tertiary/aromatic N) is 2. The number of hydrogen-bond acceptors (Lipinski definition) is 0. The number of para-hydroxylation sites is 3. The topological polar surface area (TPSA) is 9.34 Å².